The molecule has 0 unspecified atom stereocenters. The van der Waals surface area contributed by atoms with Crippen molar-refractivity contribution in [1.29, 1.82) is 0 Å². The molecule has 0 aliphatic rings. The van der Waals surface area contributed by atoms with Gasteiger partial charge in [0.1, 0.15) is 11.4 Å². The Bertz CT molecular complexity index is 980. The molecule has 0 aliphatic carbocycles. The lowest BCUT2D eigenvalue weighted by Gasteiger charge is -2.21. The second-order valence-electron chi connectivity index (χ2n) is 9.14. The van der Waals surface area contributed by atoms with Gasteiger partial charge in [-0.3, -0.25) is 0 Å². The number of benzene rings is 3. The van der Waals surface area contributed by atoms with Crippen LogP contribution in [0.15, 0.2) is 78.9 Å². The van der Waals surface area contributed by atoms with Crippen molar-refractivity contribution in [1.82, 2.24) is 0 Å². The van der Waals surface area contributed by atoms with Crippen molar-refractivity contribution in [3.63, 3.8) is 0 Å². The standard InChI is InChI=1S/C29H34O5/c1-22-15-16-25(21-26(22)33-28(30)34-29(2,3)4)27(31-19-17-23-11-7-5-8-12-23)32-20-18-24-13-9-6-10-14-24/h5-16,21,27H,17-20H2,1-4H3. The van der Waals surface area contributed by atoms with Crippen LogP contribution in [0.5, 0.6) is 5.75 Å². The molecule has 5 nitrogen and oxygen atoms in total. The summed E-state index contributed by atoms with van der Waals surface area (Å²) in [7, 11) is 0. The van der Waals surface area contributed by atoms with Gasteiger partial charge >= 0.3 is 6.16 Å². The zero-order valence-corrected chi connectivity index (χ0v) is 20.5. The molecule has 180 valence electrons. The lowest BCUT2D eigenvalue weighted by molar-refractivity contribution is -0.145. The molecule has 3 aromatic carbocycles. The minimum atomic E-state index is -0.737. The van der Waals surface area contributed by atoms with E-state index >= 15 is 0 Å². The Morgan fingerprint density at radius 3 is 1.82 bits per heavy atom. The third-order valence-electron chi connectivity index (χ3n) is 5.07. The zero-order chi connectivity index (χ0) is 24.4. The molecule has 0 radical (unpaired) electrons. The highest BCUT2D eigenvalue weighted by molar-refractivity contribution is 5.65. The molecule has 0 saturated heterocycles. The largest absolute Gasteiger partial charge is 0.514 e. The van der Waals surface area contributed by atoms with Crippen molar-refractivity contribution in [2.24, 2.45) is 0 Å². The number of ether oxygens (including phenoxy) is 4. The topological polar surface area (TPSA) is 54.0 Å². The van der Waals surface area contributed by atoms with Gasteiger partial charge in [0.15, 0.2) is 6.29 Å². The molecule has 0 aliphatic heterocycles. The highest BCUT2D eigenvalue weighted by Gasteiger charge is 2.20. The molecule has 34 heavy (non-hydrogen) atoms. The first kappa shape index (κ1) is 25.5. The van der Waals surface area contributed by atoms with Crippen molar-refractivity contribution >= 4 is 6.16 Å². The summed E-state index contributed by atoms with van der Waals surface area (Å²) in [6.07, 6.45) is 0.215. The summed E-state index contributed by atoms with van der Waals surface area (Å²) in [5.74, 6) is 0.426. The van der Waals surface area contributed by atoms with E-state index in [1.54, 1.807) is 26.8 Å². The monoisotopic (exact) mass is 462 g/mol. The molecule has 0 fully saturated rings. The molecule has 0 N–H and O–H groups in total. The van der Waals surface area contributed by atoms with E-state index in [0.29, 0.717) is 19.0 Å². The number of rotatable bonds is 10. The van der Waals surface area contributed by atoms with E-state index in [1.165, 1.54) is 11.1 Å². The Morgan fingerprint density at radius 1 is 0.794 bits per heavy atom. The Morgan fingerprint density at radius 2 is 1.32 bits per heavy atom. The molecule has 0 amide bonds. The van der Waals surface area contributed by atoms with Gasteiger partial charge < -0.3 is 18.9 Å². The zero-order valence-electron chi connectivity index (χ0n) is 20.5. The van der Waals surface area contributed by atoms with Crippen LogP contribution in [0.4, 0.5) is 4.79 Å². The van der Waals surface area contributed by atoms with Crippen LogP contribution in [-0.4, -0.2) is 25.0 Å². The summed E-state index contributed by atoms with van der Waals surface area (Å²) < 4.78 is 23.1. The maximum atomic E-state index is 12.2. The molecular formula is C29H34O5. The van der Waals surface area contributed by atoms with Gasteiger partial charge in [0.25, 0.3) is 0 Å². The molecule has 0 saturated carbocycles. The van der Waals surface area contributed by atoms with E-state index in [1.807, 2.05) is 55.5 Å². The average Bonchev–Trinajstić information content (AvgIpc) is 2.80. The van der Waals surface area contributed by atoms with Crippen molar-refractivity contribution < 1.29 is 23.7 Å². The van der Waals surface area contributed by atoms with Gasteiger partial charge in [-0.15, -0.1) is 0 Å². The summed E-state index contributed by atoms with van der Waals surface area (Å²) in [5, 5.41) is 0. The first-order chi connectivity index (χ1) is 16.3. The second kappa shape index (κ2) is 12.4. The number of hydrogen-bond donors (Lipinski definition) is 0. The van der Waals surface area contributed by atoms with Gasteiger partial charge in [-0.05, 0) is 63.3 Å². The van der Waals surface area contributed by atoms with Crippen molar-refractivity contribution in [2.45, 2.75) is 52.4 Å². The molecule has 0 bridgehead atoms. The fourth-order valence-corrected chi connectivity index (χ4v) is 3.33. The predicted molar refractivity (Wildman–Crippen MR) is 133 cm³/mol. The third kappa shape index (κ3) is 8.65. The number of carbonyl (C=O) groups is 1. The summed E-state index contributed by atoms with van der Waals surface area (Å²) in [6.45, 7) is 8.27. The van der Waals surface area contributed by atoms with Gasteiger partial charge in [0.2, 0.25) is 0 Å². The fraction of sp³-hybridized carbons (Fsp3) is 0.345. The number of carbonyl (C=O) groups excluding carboxylic acids is 1. The van der Waals surface area contributed by atoms with Crippen LogP contribution in [-0.2, 0) is 27.1 Å². The van der Waals surface area contributed by atoms with E-state index in [9.17, 15) is 4.79 Å². The lowest BCUT2D eigenvalue weighted by atomic mass is 10.1. The van der Waals surface area contributed by atoms with E-state index in [4.69, 9.17) is 18.9 Å². The van der Waals surface area contributed by atoms with Crippen molar-refractivity contribution in [3.8, 4) is 5.75 Å². The number of hydrogen-bond acceptors (Lipinski definition) is 5. The normalized spacial score (nSPS) is 11.4. The SMILES string of the molecule is Cc1ccc(C(OCCc2ccccc2)OCCc2ccccc2)cc1OC(=O)OC(C)(C)C. The first-order valence-electron chi connectivity index (χ1n) is 11.6. The van der Waals surface area contributed by atoms with Crippen LogP contribution >= 0.6 is 0 Å². The van der Waals surface area contributed by atoms with E-state index in [0.717, 1.165) is 24.0 Å². The molecular weight excluding hydrogens is 428 g/mol. The fourth-order valence-electron chi connectivity index (χ4n) is 3.33. The van der Waals surface area contributed by atoms with Crippen LogP contribution in [0.25, 0.3) is 0 Å². The minimum Gasteiger partial charge on any atom is -0.428 e. The van der Waals surface area contributed by atoms with Gasteiger partial charge in [0, 0.05) is 5.56 Å². The summed E-state index contributed by atoms with van der Waals surface area (Å²) >= 11 is 0. The van der Waals surface area contributed by atoms with Crippen molar-refractivity contribution in [2.75, 3.05) is 13.2 Å². The molecule has 0 aromatic heterocycles. The van der Waals surface area contributed by atoms with Crippen LogP contribution in [0, 0.1) is 6.92 Å². The quantitative estimate of drug-likeness (QED) is 0.188. The molecule has 0 heterocycles. The van der Waals surface area contributed by atoms with Crippen LogP contribution in [0.1, 0.15) is 49.3 Å². The van der Waals surface area contributed by atoms with Crippen LogP contribution < -0.4 is 4.74 Å². The smallest absolute Gasteiger partial charge is 0.428 e. The van der Waals surface area contributed by atoms with E-state index in [2.05, 4.69) is 24.3 Å². The molecule has 0 atom stereocenters. The Hall–Kier alpha value is -3.15. The maximum Gasteiger partial charge on any atom is 0.514 e. The molecule has 0 spiro atoms. The highest BCUT2D eigenvalue weighted by atomic mass is 16.7. The predicted octanol–water partition coefficient (Wildman–Crippen LogP) is 6.83. The van der Waals surface area contributed by atoms with Crippen LogP contribution in [0.2, 0.25) is 0 Å². The van der Waals surface area contributed by atoms with E-state index < -0.39 is 18.0 Å². The van der Waals surface area contributed by atoms with Crippen LogP contribution in [0.3, 0.4) is 0 Å². The Kier molecular flexibility index (Phi) is 9.25. The second-order valence-corrected chi connectivity index (χ2v) is 9.14. The van der Waals surface area contributed by atoms with Crippen molar-refractivity contribution in [3.05, 3.63) is 101 Å². The summed E-state index contributed by atoms with van der Waals surface area (Å²) in [4.78, 5) is 12.2. The van der Waals surface area contributed by atoms with Gasteiger partial charge in [-0.1, -0.05) is 72.8 Å². The first-order valence-corrected chi connectivity index (χ1v) is 11.6. The molecule has 5 heteroatoms. The van der Waals surface area contributed by atoms with Gasteiger partial charge in [-0.2, -0.15) is 0 Å². The highest BCUT2D eigenvalue weighted by Crippen LogP contribution is 2.27. The Balaban J connectivity index is 1.70. The molecule has 3 rings (SSSR count). The Labute approximate surface area is 202 Å². The third-order valence-corrected chi connectivity index (χ3v) is 5.07. The van der Waals surface area contributed by atoms with E-state index in [-0.39, 0.29) is 0 Å². The lowest BCUT2D eigenvalue weighted by Crippen LogP contribution is -2.26. The summed E-state index contributed by atoms with van der Waals surface area (Å²) in [5.41, 5.74) is 3.37. The summed E-state index contributed by atoms with van der Waals surface area (Å²) in [6, 6.07) is 26.0. The minimum absolute atomic E-state index is 0.426. The maximum absolute atomic E-state index is 12.2. The number of aryl methyl sites for hydroxylation is 1. The van der Waals surface area contributed by atoms with Gasteiger partial charge in [-0.25, -0.2) is 4.79 Å². The molecule has 3 aromatic rings. The average molecular weight is 463 g/mol. The van der Waals surface area contributed by atoms with Gasteiger partial charge in [0.05, 0.1) is 13.2 Å².